The van der Waals surface area contributed by atoms with Gasteiger partial charge >= 0.3 is 0 Å². The van der Waals surface area contributed by atoms with Crippen molar-refractivity contribution in [1.82, 2.24) is 0 Å². The van der Waals surface area contributed by atoms with Gasteiger partial charge < -0.3 is 20.3 Å². The molecule has 0 bridgehead atoms. The van der Waals surface area contributed by atoms with Crippen molar-refractivity contribution >= 4 is 28.9 Å². The van der Waals surface area contributed by atoms with E-state index in [4.69, 9.17) is 4.74 Å². The molecule has 2 aromatic carbocycles. The number of benzene rings is 2. The summed E-state index contributed by atoms with van der Waals surface area (Å²) >= 11 is 0. The average molecular weight is 415 g/mol. The molecule has 0 heterocycles. The molecule has 0 saturated carbocycles. The highest BCUT2D eigenvalue weighted by Crippen LogP contribution is 2.28. The Morgan fingerprint density at radius 3 is 2.47 bits per heavy atom. The molecule has 0 fully saturated rings. The third kappa shape index (κ3) is 5.77. The molecule has 2 aromatic rings. The number of hydrogen-bond donors (Lipinski definition) is 3. The average Bonchev–Trinajstić information content (AvgIpc) is 2.69. The van der Waals surface area contributed by atoms with Crippen LogP contribution < -0.4 is 20.3 Å². The van der Waals surface area contributed by atoms with Gasteiger partial charge in [-0.1, -0.05) is 12.1 Å². The van der Waals surface area contributed by atoms with Gasteiger partial charge in [0.15, 0.2) is 12.6 Å². The molecule has 0 aliphatic heterocycles. The standard InChI is InChI=1S/C21H26N4O5/c1-13-6-7-14(2)17(10-13)22-20(26)12-24(4)15(3)21(27)23-18-11-16(25(28)29)8-9-19(18)30-5/h6-11,15H,12H2,1-5H3,(H,22,26)(H,23,27)/p+1/t15-/m0/s1. The zero-order chi connectivity index (χ0) is 22.4. The van der Waals surface area contributed by atoms with Crippen molar-refractivity contribution in [2.24, 2.45) is 0 Å². The molecule has 2 amide bonds. The molecular weight excluding hydrogens is 388 g/mol. The largest absolute Gasteiger partial charge is 0.495 e. The number of hydrogen-bond acceptors (Lipinski definition) is 5. The Balaban J connectivity index is 2.03. The molecule has 1 unspecified atom stereocenters. The lowest BCUT2D eigenvalue weighted by Gasteiger charge is -2.21. The van der Waals surface area contributed by atoms with Gasteiger partial charge in [-0.2, -0.15) is 0 Å². The minimum absolute atomic E-state index is 0.0774. The first-order chi connectivity index (χ1) is 14.1. The smallest absolute Gasteiger partial charge is 0.282 e. The highest BCUT2D eigenvalue weighted by molar-refractivity contribution is 5.96. The Labute approximate surface area is 175 Å². The molecule has 30 heavy (non-hydrogen) atoms. The van der Waals surface area contributed by atoms with E-state index in [9.17, 15) is 19.7 Å². The van der Waals surface area contributed by atoms with Gasteiger partial charge in [0.2, 0.25) is 0 Å². The van der Waals surface area contributed by atoms with Gasteiger partial charge in [-0.3, -0.25) is 19.7 Å². The molecule has 2 rings (SSSR count). The van der Waals surface area contributed by atoms with E-state index in [0.29, 0.717) is 10.6 Å². The lowest BCUT2D eigenvalue weighted by atomic mass is 10.1. The number of amides is 2. The molecule has 0 spiro atoms. The van der Waals surface area contributed by atoms with Crippen LogP contribution in [0.25, 0.3) is 0 Å². The zero-order valence-electron chi connectivity index (χ0n) is 17.7. The van der Waals surface area contributed by atoms with E-state index in [1.807, 2.05) is 32.0 Å². The fourth-order valence-corrected chi connectivity index (χ4v) is 2.84. The summed E-state index contributed by atoms with van der Waals surface area (Å²) in [5.41, 5.74) is 2.78. The molecule has 160 valence electrons. The predicted octanol–water partition coefficient (Wildman–Crippen LogP) is 1.70. The summed E-state index contributed by atoms with van der Waals surface area (Å²) in [6.07, 6.45) is 0. The Hall–Kier alpha value is -3.46. The quantitative estimate of drug-likeness (QED) is 0.448. The fraction of sp³-hybridized carbons (Fsp3) is 0.333. The van der Waals surface area contributed by atoms with Crippen molar-refractivity contribution in [1.29, 1.82) is 0 Å². The minimum atomic E-state index is -0.585. The first-order valence-corrected chi connectivity index (χ1v) is 9.45. The number of aryl methyl sites for hydroxylation is 2. The lowest BCUT2D eigenvalue weighted by Crippen LogP contribution is -3.14. The molecule has 3 N–H and O–H groups in total. The van der Waals surface area contributed by atoms with Crippen LogP contribution in [0.2, 0.25) is 0 Å². The first kappa shape index (κ1) is 22.8. The van der Waals surface area contributed by atoms with Gasteiger partial charge in [-0.15, -0.1) is 0 Å². The first-order valence-electron chi connectivity index (χ1n) is 9.45. The van der Waals surface area contributed by atoms with Crippen molar-refractivity contribution in [3.05, 3.63) is 57.6 Å². The highest BCUT2D eigenvalue weighted by Gasteiger charge is 2.25. The molecule has 0 aromatic heterocycles. The monoisotopic (exact) mass is 415 g/mol. The second-order valence-electron chi connectivity index (χ2n) is 7.24. The minimum Gasteiger partial charge on any atom is -0.495 e. The number of methoxy groups -OCH3 is 1. The number of anilines is 2. The van der Waals surface area contributed by atoms with E-state index >= 15 is 0 Å². The number of likely N-dealkylation sites (N-methyl/N-ethyl adjacent to an activating group) is 1. The van der Waals surface area contributed by atoms with Crippen LogP contribution >= 0.6 is 0 Å². The molecule has 0 aliphatic carbocycles. The summed E-state index contributed by atoms with van der Waals surface area (Å²) in [7, 11) is 3.15. The third-order valence-corrected chi connectivity index (χ3v) is 4.89. The summed E-state index contributed by atoms with van der Waals surface area (Å²) in [6.45, 7) is 5.61. The Kier molecular flexibility index (Phi) is 7.48. The predicted molar refractivity (Wildman–Crippen MR) is 114 cm³/mol. The second kappa shape index (κ2) is 9.84. The summed E-state index contributed by atoms with van der Waals surface area (Å²) in [5, 5.41) is 16.5. The van der Waals surface area contributed by atoms with Crippen LogP contribution in [0.5, 0.6) is 5.75 Å². The summed E-state index contributed by atoms with van der Waals surface area (Å²) < 4.78 is 5.16. The van der Waals surface area contributed by atoms with Crippen molar-refractivity contribution in [2.45, 2.75) is 26.8 Å². The fourth-order valence-electron chi connectivity index (χ4n) is 2.84. The van der Waals surface area contributed by atoms with Gasteiger partial charge in [0.05, 0.1) is 24.8 Å². The van der Waals surface area contributed by atoms with Crippen LogP contribution in [-0.2, 0) is 9.59 Å². The number of nitro groups is 1. The number of nitrogens with one attached hydrogen (secondary N) is 3. The van der Waals surface area contributed by atoms with Crippen LogP contribution in [0.4, 0.5) is 17.1 Å². The highest BCUT2D eigenvalue weighted by atomic mass is 16.6. The zero-order valence-corrected chi connectivity index (χ0v) is 17.7. The lowest BCUT2D eigenvalue weighted by molar-refractivity contribution is -0.885. The van der Waals surface area contributed by atoms with Crippen LogP contribution in [0.1, 0.15) is 18.1 Å². The topological polar surface area (TPSA) is 115 Å². The van der Waals surface area contributed by atoms with Crippen molar-refractivity contribution < 1.29 is 24.1 Å². The van der Waals surface area contributed by atoms with E-state index in [0.717, 1.165) is 16.8 Å². The van der Waals surface area contributed by atoms with Crippen molar-refractivity contribution in [3.8, 4) is 5.75 Å². The Morgan fingerprint density at radius 1 is 1.13 bits per heavy atom. The number of quaternary nitrogens is 1. The molecule has 2 atom stereocenters. The third-order valence-electron chi connectivity index (χ3n) is 4.89. The molecule has 0 saturated heterocycles. The van der Waals surface area contributed by atoms with Gasteiger partial charge in [0, 0.05) is 17.8 Å². The van der Waals surface area contributed by atoms with Crippen LogP contribution in [0, 0.1) is 24.0 Å². The normalized spacial score (nSPS) is 12.6. The van der Waals surface area contributed by atoms with Gasteiger partial charge in [0.25, 0.3) is 17.5 Å². The van der Waals surface area contributed by atoms with Gasteiger partial charge in [0.1, 0.15) is 5.75 Å². The number of nitro benzene ring substituents is 1. The maximum Gasteiger partial charge on any atom is 0.282 e. The summed E-state index contributed by atoms with van der Waals surface area (Å²) in [5.74, 6) is -0.286. The van der Waals surface area contributed by atoms with Crippen LogP contribution in [-0.4, -0.2) is 43.5 Å². The maximum atomic E-state index is 12.7. The molecule has 0 aliphatic rings. The summed E-state index contributed by atoms with van der Waals surface area (Å²) in [6, 6.07) is 9.18. The van der Waals surface area contributed by atoms with E-state index in [1.54, 1.807) is 14.0 Å². The molecule has 0 radical (unpaired) electrons. The van der Waals surface area contributed by atoms with Gasteiger partial charge in [-0.25, -0.2) is 0 Å². The van der Waals surface area contributed by atoms with Crippen molar-refractivity contribution in [3.63, 3.8) is 0 Å². The van der Waals surface area contributed by atoms with E-state index in [1.165, 1.54) is 25.3 Å². The van der Waals surface area contributed by atoms with E-state index in [2.05, 4.69) is 10.6 Å². The number of rotatable bonds is 8. The van der Waals surface area contributed by atoms with E-state index in [-0.39, 0.29) is 29.7 Å². The molecule has 9 heteroatoms. The van der Waals surface area contributed by atoms with Crippen LogP contribution in [0.3, 0.4) is 0 Å². The van der Waals surface area contributed by atoms with E-state index < -0.39 is 11.0 Å². The number of carbonyl (C=O) groups excluding carboxylic acids is 2. The number of ether oxygens (including phenoxy) is 1. The summed E-state index contributed by atoms with van der Waals surface area (Å²) in [4.78, 5) is 36.2. The van der Waals surface area contributed by atoms with Gasteiger partial charge in [-0.05, 0) is 44.0 Å². The Morgan fingerprint density at radius 2 is 1.83 bits per heavy atom. The SMILES string of the molecule is COc1ccc([N+](=O)[O-])cc1NC(=O)[C@H](C)[NH+](C)CC(=O)Nc1cc(C)ccc1C. The molecular formula is C21H27N4O5+. The molecule has 9 nitrogen and oxygen atoms in total. The van der Waals surface area contributed by atoms with Crippen molar-refractivity contribution in [2.75, 3.05) is 31.3 Å². The van der Waals surface area contributed by atoms with Crippen LogP contribution in [0.15, 0.2) is 36.4 Å². The number of non-ortho nitro benzene ring substituents is 1. The maximum absolute atomic E-state index is 12.7. The Bertz CT molecular complexity index is 960. The number of nitrogens with zero attached hydrogens (tertiary/aromatic N) is 1. The second-order valence-corrected chi connectivity index (χ2v) is 7.24. The number of carbonyl (C=O) groups is 2.